The molecule has 1 atom stereocenters. The Kier molecular flexibility index (Phi) is 6.08. The zero-order chi connectivity index (χ0) is 22.8. The van der Waals surface area contributed by atoms with Crippen molar-refractivity contribution >= 4 is 23.2 Å². The second-order valence-corrected chi connectivity index (χ2v) is 8.29. The summed E-state index contributed by atoms with van der Waals surface area (Å²) in [6.07, 6.45) is 6.01. The van der Waals surface area contributed by atoms with Gasteiger partial charge in [0.15, 0.2) is 0 Å². The molecule has 1 fully saturated rings. The lowest BCUT2D eigenvalue weighted by atomic mass is 10.0. The standard InChI is InChI=1S/C21H18F2N4O4S/c1-10(16-17(25-5-4-24-16)19-26-9-15(32-19)20(29)30)27-18(28)13-6-12(11-2-3-11)7-14(8-13)31-21(22)23/h4-11,21H,2-3H2,1H3,(H,27,28)(H,29,30). The lowest BCUT2D eigenvalue weighted by molar-refractivity contribution is -0.0499. The Morgan fingerprint density at radius 1 is 1.19 bits per heavy atom. The topological polar surface area (TPSA) is 114 Å². The third-order valence-corrected chi connectivity index (χ3v) is 5.86. The number of halogens is 2. The molecule has 32 heavy (non-hydrogen) atoms. The van der Waals surface area contributed by atoms with E-state index in [1.807, 2.05) is 0 Å². The molecule has 0 aliphatic heterocycles. The molecule has 1 aromatic carbocycles. The van der Waals surface area contributed by atoms with Gasteiger partial charge in [0.25, 0.3) is 5.91 Å². The minimum absolute atomic E-state index is 0.0525. The largest absolute Gasteiger partial charge is 0.477 e. The van der Waals surface area contributed by atoms with Crippen LogP contribution in [0.25, 0.3) is 10.7 Å². The molecule has 4 rings (SSSR count). The first-order chi connectivity index (χ1) is 15.3. The summed E-state index contributed by atoms with van der Waals surface area (Å²) in [6, 6.07) is 3.87. The number of aromatic nitrogens is 3. The highest BCUT2D eigenvalue weighted by Gasteiger charge is 2.26. The number of carbonyl (C=O) groups excluding carboxylic acids is 1. The van der Waals surface area contributed by atoms with Gasteiger partial charge in [-0.05, 0) is 49.4 Å². The summed E-state index contributed by atoms with van der Waals surface area (Å²) in [7, 11) is 0. The second kappa shape index (κ2) is 8.95. The summed E-state index contributed by atoms with van der Waals surface area (Å²) in [6.45, 7) is -1.30. The average molecular weight is 460 g/mol. The van der Waals surface area contributed by atoms with Crippen LogP contribution in [0.3, 0.4) is 0 Å². The van der Waals surface area contributed by atoms with E-state index in [1.165, 1.54) is 30.7 Å². The number of benzene rings is 1. The van der Waals surface area contributed by atoms with Crippen LogP contribution in [-0.4, -0.2) is 38.5 Å². The van der Waals surface area contributed by atoms with Crippen LogP contribution in [0.4, 0.5) is 8.78 Å². The highest BCUT2D eigenvalue weighted by atomic mass is 32.1. The summed E-state index contributed by atoms with van der Waals surface area (Å²) < 4.78 is 29.9. The van der Waals surface area contributed by atoms with E-state index in [9.17, 15) is 18.4 Å². The molecule has 0 saturated heterocycles. The third-order valence-electron chi connectivity index (χ3n) is 4.87. The third kappa shape index (κ3) is 4.88. The SMILES string of the molecule is CC(NC(=O)c1cc(OC(F)F)cc(C2CC2)c1)c1nccnc1-c1ncc(C(=O)O)s1. The molecule has 1 aliphatic rings. The summed E-state index contributed by atoms with van der Waals surface area (Å²) in [5.41, 5.74) is 1.73. The summed E-state index contributed by atoms with van der Waals surface area (Å²) in [5.74, 6) is -1.41. The van der Waals surface area contributed by atoms with Gasteiger partial charge in [0.05, 0.1) is 17.9 Å². The fourth-order valence-electron chi connectivity index (χ4n) is 3.24. The van der Waals surface area contributed by atoms with Crippen molar-refractivity contribution in [3.8, 4) is 16.5 Å². The first-order valence-corrected chi connectivity index (χ1v) is 10.5. The van der Waals surface area contributed by atoms with E-state index < -0.39 is 24.5 Å². The lowest BCUT2D eigenvalue weighted by Gasteiger charge is -2.16. The molecule has 8 nitrogen and oxygen atoms in total. The minimum atomic E-state index is -2.99. The molecule has 166 valence electrons. The number of nitrogens with one attached hydrogen (secondary N) is 1. The van der Waals surface area contributed by atoms with Gasteiger partial charge in [0.2, 0.25) is 0 Å². The number of hydrogen-bond donors (Lipinski definition) is 2. The van der Waals surface area contributed by atoms with Crippen molar-refractivity contribution in [3.63, 3.8) is 0 Å². The van der Waals surface area contributed by atoms with Gasteiger partial charge in [-0.2, -0.15) is 8.78 Å². The molecule has 2 heterocycles. The van der Waals surface area contributed by atoms with Gasteiger partial charge in [-0.1, -0.05) is 0 Å². The Morgan fingerprint density at radius 2 is 1.94 bits per heavy atom. The smallest absolute Gasteiger partial charge is 0.387 e. The number of hydrogen-bond acceptors (Lipinski definition) is 7. The predicted octanol–water partition coefficient (Wildman–Crippen LogP) is 4.27. The van der Waals surface area contributed by atoms with E-state index in [2.05, 4.69) is 25.0 Å². The molecule has 2 N–H and O–H groups in total. The van der Waals surface area contributed by atoms with Crippen molar-refractivity contribution in [2.75, 3.05) is 0 Å². The summed E-state index contributed by atoms with van der Waals surface area (Å²) in [5, 5.41) is 12.3. The Hall–Kier alpha value is -3.47. The van der Waals surface area contributed by atoms with Crippen LogP contribution in [0, 0.1) is 0 Å². The molecule has 0 bridgehead atoms. The zero-order valence-electron chi connectivity index (χ0n) is 16.8. The van der Waals surface area contributed by atoms with Crippen LogP contribution in [0.5, 0.6) is 5.75 Å². The van der Waals surface area contributed by atoms with Gasteiger partial charge in [0.1, 0.15) is 21.3 Å². The van der Waals surface area contributed by atoms with Crippen LogP contribution in [0.15, 0.2) is 36.8 Å². The molecule has 1 aliphatic carbocycles. The van der Waals surface area contributed by atoms with Crippen molar-refractivity contribution in [3.05, 3.63) is 58.5 Å². The Labute approximate surface area is 185 Å². The number of nitrogens with zero attached hydrogens (tertiary/aromatic N) is 3. The van der Waals surface area contributed by atoms with E-state index in [0.29, 0.717) is 16.4 Å². The highest BCUT2D eigenvalue weighted by molar-refractivity contribution is 7.16. The van der Waals surface area contributed by atoms with Crippen molar-refractivity contribution in [2.24, 2.45) is 0 Å². The van der Waals surface area contributed by atoms with Crippen molar-refractivity contribution < 1.29 is 28.2 Å². The first kappa shape index (κ1) is 21.8. The lowest BCUT2D eigenvalue weighted by Crippen LogP contribution is -2.28. The predicted molar refractivity (Wildman–Crippen MR) is 111 cm³/mol. The number of carboxylic acids is 1. The number of carbonyl (C=O) groups is 2. The number of aromatic carboxylic acids is 1. The van der Waals surface area contributed by atoms with Crippen LogP contribution in [-0.2, 0) is 0 Å². The van der Waals surface area contributed by atoms with Gasteiger partial charge in [-0.15, -0.1) is 11.3 Å². The van der Waals surface area contributed by atoms with E-state index in [4.69, 9.17) is 5.11 Å². The molecule has 11 heteroatoms. The van der Waals surface area contributed by atoms with Crippen LogP contribution in [0.1, 0.15) is 63.0 Å². The van der Waals surface area contributed by atoms with Crippen LogP contribution >= 0.6 is 11.3 Å². The quantitative estimate of drug-likeness (QED) is 0.516. The van der Waals surface area contributed by atoms with Crippen molar-refractivity contribution in [1.29, 1.82) is 0 Å². The van der Waals surface area contributed by atoms with Gasteiger partial charge in [0, 0.05) is 18.0 Å². The summed E-state index contributed by atoms with van der Waals surface area (Å²) >= 11 is 0.947. The molecule has 3 aromatic rings. The van der Waals surface area contributed by atoms with E-state index in [1.54, 1.807) is 13.0 Å². The molecule has 0 radical (unpaired) electrons. The Balaban J connectivity index is 1.58. The van der Waals surface area contributed by atoms with E-state index >= 15 is 0 Å². The van der Waals surface area contributed by atoms with Gasteiger partial charge >= 0.3 is 12.6 Å². The van der Waals surface area contributed by atoms with Gasteiger partial charge in [-0.25, -0.2) is 9.78 Å². The van der Waals surface area contributed by atoms with Crippen LogP contribution < -0.4 is 10.1 Å². The number of rotatable bonds is 8. The van der Waals surface area contributed by atoms with E-state index in [0.717, 1.165) is 29.7 Å². The van der Waals surface area contributed by atoms with E-state index in [-0.39, 0.29) is 22.1 Å². The van der Waals surface area contributed by atoms with Crippen LogP contribution in [0.2, 0.25) is 0 Å². The van der Waals surface area contributed by atoms with Crippen molar-refractivity contribution in [2.45, 2.75) is 38.3 Å². The molecule has 1 saturated carbocycles. The fourth-order valence-corrected chi connectivity index (χ4v) is 4.00. The molecule has 0 spiro atoms. The number of thiazole rings is 1. The normalized spacial score (nSPS) is 14.2. The number of alkyl halides is 2. The van der Waals surface area contributed by atoms with Gasteiger partial charge < -0.3 is 15.2 Å². The number of ether oxygens (including phenoxy) is 1. The maximum Gasteiger partial charge on any atom is 0.387 e. The maximum atomic E-state index is 12.9. The second-order valence-electron chi connectivity index (χ2n) is 7.26. The number of carboxylic acid groups (broad SMARTS) is 1. The molecular formula is C21H18F2N4O4S. The molecule has 1 amide bonds. The zero-order valence-corrected chi connectivity index (χ0v) is 17.6. The summed E-state index contributed by atoms with van der Waals surface area (Å²) in [4.78, 5) is 36.8. The first-order valence-electron chi connectivity index (χ1n) is 9.73. The Morgan fingerprint density at radius 3 is 2.59 bits per heavy atom. The van der Waals surface area contributed by atoms with Crippen molar-refractivity contribution in [1.82, 2.24) is 20.3 Å². The monoisotopic (exact) mass is 460 g/mol. The minimum Gasteiger partial charge on any atom is -0.477 e. The Bertz CT molecular complexity index is 1170. The number of amides is 1. The highest BCUT2D eigenvalue weighted by Crippen LogP contribution is 2.41. The molecular weight excluding hydrogens is 442 g/mol. The molecule has 2 aromatic heterocycles. The maximum absolute atomic E-state index is 12.9. The fraction of sp³-hybridized carbons (Fsp3) is 0.286. The average Bonchev–Trinajstić information content (AvgIpc) is 3.49. The molecule has 1 unspecified atom stereocenters. The van der Waals surface area contributed by atoms with Gasteiger partial charge in [-0.3, -0.25) is 14.8 Å².